The Hall–Kier alpha value is -4.40. The number of hydrogen-bond acceptors (Lipinski definition) is 2. The lowest BCUT2D eigenvalue weighted by Crippen LogP contribution is -1.90. The van der Waals surface area contributed by atoms with E-state index < -0.39 is 0 Å². The molecule has 0 aliphatic rings. The Morgan fingerprint density at radius 1 is 0.444 bits per heavy atom. The lowest BCUT2D eigenvalue weighted by Gasteiger charge is -2.17. The molecule has 1 nitrogen and oxygen atoms in total. The van der Waals surface area contributed by atoms with Crippen LogP contribution in [0.25, 0.3) is 75.8 Å². The van der Waals surface area contributed by atoms with Gasteiger partial charge in [-0.15, -0.1) is 11.3 Å². The summed E-state index contributed by atoms with van der Waals surface area (Å²) in [4.78, 5) is 0. The summed E-state index contributed by atoms with van der Waals surface area (Å²) in [5.74, 6) is 0. The van der Waals surface area contributed by atoms with Gasteiger partial charge in [-0.3, -0.25) is 0 Å². The minimum Gasteiger partial charge on any atom is -0.456 e. The smallest absolute Gasteiger partial charge is 0.136 e. The molecule has 0 unspecified atom stereocenters. The highest BCUT2D eigenvalue weighted by Crippen LogP contribution is 2.44. The normalized spacial score (nSPS) is 11.9. The summed E-state index contributed by atoms with van der Waals surface area (Å²) in [6.45, 7) is 0. The predicted octanol–water partition coefficient (Wildman–Crippen LogP) is 10.4. The third-order valence-corrected chi connectivity index (χ3v) is 8.21. The van der Waals surface area contributed by atoms with Gasteiger partial charge in [-0.25, -0.2) is 0 Å². The van der Waals surface area contributed by atoms with Gasteiger partial charge in [0.05, 0.1) is 0 Å². The second kappa shape index (κ2) is 7.55. The molecule has 0 amide bonds. The van der Waals surface area contributed by atoms with E-state index in [4.69, 9.17) is 4.42 Å². The zero-order valence-corrected chi connectivity index (χ0v) is 20.2. The molecule has 0 aliphatic heterocycles. The standard InChI is InChI=1S/C34H20OS/c1-2-8-21(9-3-1)33-25-10-4-6-12-27(25)34(28-13-7-5-11-26(28)33)23-14-15-24-29-18-22-16-17-36-32(22)20-31(29)35-30(24)19-23/h1-20H. The molecule has 6 aromatic carbocycles. The number of rotatable bonds is 2. The van der Waals surface area contributed by atoms with Crippen LogP contribution < -0.4 is 0 Å². The molecule has 8 aromatic rings. The van der Waals surface area contributed by atoms with Gasteiger partial charge in [-0.1, -0.05) is 84.9 Å². The molecule has 0 spiro atoms. The lowest BCUT2D eigenvalue weighted by atomic mass is 9.86. The average molecular weight is 477 g/mol. The van der Waals surface area contributed by atoms with Gasteiger partial charge in [0.25, 0.3) is 0 Å². The number of furan rings is 1. The van der Waals surface area contributed by atoms with E-state index in [1.165, 1.54) is 59.3 Å². The summed E-state index contributed by atoms with van der Waals surface area (Å²) < 4.78 is 7.68. The number of benzene rings is 6. The van der Waals surface area contributed by atoms with Crippen molar-refractivity contribution in [1.29, 1.82) is 0 Å². The fourth-order valence-electron chi connectivity index (χ4n) is 5.74. The van der Waals surface area contributed by atoms with Gasteiger partial charge in [0.2, 0.25) is 0 Å². The van der Waals surface area contributed by atoms with Crippen LogP contribution in [0, 0.1) is 0 Å². The Balaban J connectivity index is 1.46. The first kappa shape index (κ1) is 19.9. The molecule has 36 heavy (non-hydrogen) atoms. The SMILES string of the molecule is c1ccc(-c2c3ccccc3c(-c3ccc4c(c3)oc3cc5sccc5cc34)c3ccccc23)cc1. The highest BCUT2D eigenvalue weighted by molar-refractivity contribution is 7.17. The zero-order valence-electron chi connectivity index (χ0n) is 19.4. The number of fused-ring (bicyclic) bond motifs is 6. The summed E-state index contributed by atoms with van der Waals surface area (Å²) in [6.07, 6.45) is 0. The summed E-state index contributed by atoms with van der Waals surface area (Å²) in [5.41, 5.74) is 6.84. The van der Waals surface area contributed by atoms with Crippen LogP contribution in [-0.2, 0) is 0 Å². The van der Waals surface area contributed by atoms with E-state index in [9.17, 15) is 0 Å². The molecular formula is C34H20OS. The third-order valence-electron chi connectivity index (χ3n) is 7.33. The molecule has 0 radical (unpaired) electrons. The third kappa shape index (κ3) is 2.82. The molecule has 2 heteroatoms. The summed E-state index contributed by atoms with van der Waals surface area (Å²) in [7, 11) is 0. The largest absolute Gasteiger partial charge is 0.456 e. The molecule has 168 valence electrons. The second-order valence-corrected chi connectivity index (χ2v) is 10.3. The van der Waals surface area contributed by atoms with Crippen molar-refractivity contribution in [3.63, 3.8) is 0 Å². The highest BCUT2D eigenvalue weighted by Gasteiger charge is 2.17. The summed E-state index contributed by atoms with van der Waals surface area (Å²) >= 11 is 1.75. The highest BCUT2D eigenvalue weighted by atomic mass is 32.1. The van der Waals surface area contributed by atoms with Crippen molar-refractivity contribution in [2.45, 2.75) is 0 Å². The van der Waals surface area contributed by atoms with E-state index in [1.807, 2.05) is 0 Å². The van der Waals surface area contributed by atoms with E-state index in [-0.39, 0.29) is 0 Å². The van der Waals surface area contributed by atoms with Crippen molar-refractivity contribution >= 4 is 64.9 Å². The van der Waals surface area contributed by atoms with Crippen molar-refractivity contribution in [1.82, 2.24) is 0 Å². The quantitative estimate of drug-likeness (QED) is 0.226. The Morgan fingerprint density at radius 2 is 1.06 bits per heavy atom. The van der Waals surface area contributed by atoms with Crippen LogP contribution in [0.3, 0.4) is 0 Å². The van der Waals surface area contributed by atoms with Crippen LogP contribution in [0.4, 0.5) is 0 Å². The van der Waals surface area contributed by atoms with Gasteiger partial charge in [-0.05, 0) is 84.9 Å². The molecule has 0 saturated carbocycles. The lowest BCUT2D eigenvalue weighted by molar-refractivity contribution is 0.669. The molecule has 0 bridgehead atoms. The van der Waals surface area contributed by atoms with Crippen LogP contribution in [0.2, 0.25) is 0 Å². The molecule has 8 rings (SSSR count). The fraction of sp³-hybridized carbons (Fsp3) is 0. The van der Waals surface area contributed by atoms with Gasteiger partial charge in [0.15, 0.2) is 0 Å². The maximum Gasteiger partial charge on any atom is 0.136 e. The van der Waals surface area contributed by atoms with Gasteiger partial charge < -0.3 is 4.42 Å². The Morgan fingerprint density at radius 3 is 1.75 bits per heavy atom. The average Bonchev–Trinajstić information content (AvgIpc) is 3.53. The van der Waals surface area contributed by atoms with Crippen LogP contribution in [-0.4, -0.2) is 0 Å². The molecule has 0 atom stereocenters. The van der Waals surface area contributed by atoms with Gasteiger partial charge in [0.1, 0.15) is 11.2 Å². The maximum atomic E-state index is 6.42. The fourth-order valence-corrected chi connectivity index (χ4v) is 6.54. The topological polar surface area (TPSA) is 13.1 Å². The van der Waals surface area contributed by atoms with Gasteiger partial charge >= 0.3 is 0 Å². The number of thiophene rings is 1. The Labute approximate surface area is 211 Å². The molecule has 2 heterocycles. The second-order valence-electron chi connectivity index (χ2n) is 9.33. The maximum absolute atomic E-state index is 6.42. The van der Waals surface area contributed by atoms with Crippen molar-refractivity contribution in [3.8, 4) is 22.3 Å². The van der Waals surface area contributed by atoms with Crippen molar-refractivity contribution in [2.75, 3.05) is 0 Å². The van der Waals surface area contributed by atoms with Crippen LogP contribution in [0.15, 0.2) is 125 Å². The van der Waals surface area contributed by atoms with Gasteiger partial charge in [0, 0.05) is 15.5 Å². The minimum atomic E-state index is 0.931. The van der Waals surface area contributed by atoms with Gasteiger partial charge in [-0.2, -0.15) is 0 Å². The molecule has 0 N–H and O–H groups in total. The predicted molar refractivity (Wildman–Crippen MR) is 155 cm³/mol. The minimum absolute atomic E-state index is 0.931. The molecule has 0 fully saturated rings. The first-order chi connectivity index (χ1) is 17.8. The first-order valence-electron chi connectivity index (χ1n) is 12.2. The molecule has 0 aliphatic carbocycles. The van der Waals surface area contributed by atoms with Crippen molar-refractivity contribution in [3.05, 3.63) is 121 Å². The van der Waals surface area contributed by atoms with Crippen LogP contribution in [0.1, 0.15) is 0 Å². The van der Waals surface area contributed by atoms with E-state index in [0.29, 0.717) is 0 Å². The number of hydrogen-bond donors (Lipinski definition) is 0. The van der Waals surface area contributed by atoms with Crippen molar-refractivity contribution < 1.29 is 4.42 Å². The van der Waals surface area contributed by atoms with E-state index in [2.05, 4.69) is 121 Å². The van der Waals surface area contributed by atoms with E-state index >= 15 is 0 Å². The Kier molecular flexibility index (Phi) is 4.16. The summed E-state index contributed by atoms with van der Waals surface area (Å²) in [5, 5.41) is 10.8. The molecular weight excluding hydrogens is 456 g/mol. The van der Waals surface area contributed by atoms with Crippen LogP contribution in [0.5, 0.6) is 0 Å². The van der Waals surface area contributed by atoms with Crippen molar-refractivity contribution in [2.24, 2.45) is 0 Å². The first-order valence-corrected chi connectivity index (χ1v) is 13.1. The van der Waals surface area contributed by atoms with E-state index in [0.717, 1.165) is 16.6 Å². The zero-order chi connectivity index (χ0) is 23.6. The molecule has 0 saturated heterocycles. The monoisotopic (exact) mass is 476 g/mol. The molecule has 2 aromatic heterocycles. The van der Waals surface area contributed by atoms with E-state index in [1.54, 1.807) is 11.3 Å². The van der Waals surface area contributed by atoms with Crippen LogP contribution >= 0.6 is 11.3 Å². The Bertz CT molecular complexity index is 2040. The summed E-state index contributed by atoms with van der Waals surface area (Å²) in [6, 6.07) is 41.6.